The quantitative estimate of drug-likeness (QED) is 0.192. The van der Waals surface area contributed by atoms with Crippen LogP contribution in [0.25, 0.3) is 127 Å². The molecule has 0 unspecified atom stereocenters. The summed E-state index contributed by atoms with van der Waals surface area (Å²) in [5.41, 5.74) is 16.1. The van der Waals surface area contributed by atoms with E-state index in [9.17, 15) is 0 Å². The molecular weight excluding hydrogens is 781 g/mol. The van der Waals surface area contributed by atoms with Gasteiger partial charge in [0.25, 0.3) is 0 Å². The molecule has 0 amide bonds. The van der Waals surface area contributed by atoms with Crippen LogP contribution in [0.4, 0.5) is 0 Å². The zero-order valence-electron chi connectivity index (χ0n) is 34.6. The molecule has 0 aliphatic carbocycles. The maximum Gasteiger partial charge on any atom is 0.178 e. The molecule has 4 nitrogen and oxygen atoms in total. The second kappa shape index (κ2) is 14.5. The number of nitrogens with one attached hydrogen (secondary N) is 1. The van der Waals surface area contributed by atoms with Crippen LogP contribution in [0.2, 0.25) is 0 Å². The maximum atomic E-state index is 6.60. The molecule has 0 aliphatic rings. The van der Waals surface area contributed by atoms with E-state index >= 15 is 0 Å². The molecule has 10 aromatic carbocycles. The number of benzene rings is 10. The van der Waals surface area contributed by atoms with Gasteiger partial charge in [0, 0.05) is 59.8 Å². The van der Waals surface area contributed by atoms with Gasteiger partial charge in [0.05, 0.1) is 11.0 Å². The summed E-state index contributed by atoms with van der Waals surface area (Å²) in [7, 11) is 0. The third-order valence-electron chi connectivity index (χ3n) is 12.8. The minimum atomic E-state index is 0.776. The van der Waals surface area contributed by atoms with Gasteiger partial charge in [-0.3, -0.25) is 0 Å². The highest BCUT2D eigenvalue weighted by molar-refractivity contribution is 6.20. The van der Waals surface area contributed by atoms with E-state index in [-0.39, 0.29) is 0 Å². The summed E-state index contributed by atoms with van der Waals surface area (Å²) in [6.45, 7) is 0. The van der Waals surface area contributed by atoms with Crippen molar-refractivity contribution < 1.29 is 8.83 Å². The van der Waals surface area contributed by atoms with E-state index in [0.29, 0.717) is 0 Å². The van der Waals surface area contributed by atoms with E-state index in [1.54, 1.807) is 0 Å². The number of H-pyrrole nitrogens is 1. The van der Waals surface area contributed by atoms with Gasteiger partial charge < -0.3 is 18.4 Å². The first kappa shape index (κ1) is 36.1. The number of para-hydroxylation sites is 3. The number of aromatic amines is 1. The van der Waals surface area contributed by atoms with Crippen LogP contribution in [-0.2, 0) is 0 Å². The minimum Gasteiger partial charge on any atom is -0.452 e. The van der Waals surface area contributed by atoms with E-state index < -0.39 is 0 Å². The van der Waals surface area contributed by atoms with Crippen molar-refractivity contribution in [2.24, 2.45) is 0 Å². The number of furan rings is 2. The van der Waals surface area contributed by atoms with Crippen molar-refractivity contribution in [1.82, 2.24) is 9.55 Å². The molecule has 0 spiro atoms. The van der Waals surface area contributed by atoms with Crippen LogP contribution in [0.3, 0.4) is 0 Å². The predicted molar refractivity (Wildman–Crippen MR) is 267 cm³/mol. The molecule has 0 bridgehead atoms. The molecular formula is C60H38N2O2. The Bertz CT molecular complexity index is 4050. The normalized spacial score (nSPS) is 11.8. The van der Waals surface area contributed by atoms with E-state index in [4.69, 9.17) is 8.83 Å². The molecule has 300 valence electrons. The third kappa shape index (κ3) is 5.84. The Morgan fingerprint density at radius 1 is 0.281 bits per heavy atom. The van der Waals surface area contributed by atoms with Crippen molar-refractivity contribution in [2.75, 3.05) is 0 Å². The number of rotatable bonds is 4. The van der Waals surface area contributed by atoms with E-state index in [0.717, 1.165) is 77.3 Å². The molecule has 0 saturated heterocycles. The Kier molecular flexibility index (Phi) is 8.18. The number of hydrogen-bond acceptors (Lipinski definition) is 2. The van der Waals surface area contributed by atoms with Crippen molar-refractivity contribution in [3.63, 3.8) is 0 Å². The molecule has 0 radical (unpaired) electrons. The average molecular weight is 819 g/mol. The Morgan fingerprint density at radius 2 is 0.750 bits per heavy atom. The standard InChI is InChI=1S/C54H32N2O2.C6H6/c1-2-11-38(12-3-1)56-49-16-7-5-14-40(49)44-29-35(18-24-50(44)56)37-20-26-52-46(31-37)42-22-21-41-45-30-36(19-25-51(45)57-53(41)54(42)58-52)33-10-8-9-32(27-33)34-17-23-48-43(28-34)39-13-4-6-15-47(39)55-48;1-2-4-6-5-3-1/h1-31,55H;1-6H. The summed E-state index contributed by atoms with van der Waals surface area (Å²) in [6.07, 6.45) is 0. The van der Waals surface area contributed by atoms with Gasteiger partial charge in [-0.1, -0.05) is 133 Å². The van der Waals surface area contributed by atoms with Crippen LogP contribution < -0.4 is 0 Å². The highest BCUT2D eigenvalue weighted by Crippen LogP contribution is 2.42. The minimum absolute atomic E-state index is 0.776. The maximum absolute atomic E-state index is 6.60. The summed E-state index contributed by atoms with van der Waals surface area (Å²) < 4.78 is 15.5. The van der Waals surface area contributed by atoms with Gasteiger partial charge in [-0.15, -0.1) is 0 Å². The van der Waals surface area contributed by atoms with Crippen molar-refractivity contribution in [3.8, 4) is 39.1 Å². The lowest BCUT2D eigenvalue weighted by molar-refractivity contribution is 0.633. The lowest BCUT2D eigenvalue weighted by Crippen LogP contribution is -1.92. The summed E-state index contributed by atoms with van der Waals surface area (Å²) in [5.74, 6) is 0. The monoisotopic (exact) mass is 818 g/mol. The van der Waals surface area contributed by atoms with Gasteiger partial charge in [0.15, 0.2) is 11.2 Å². The molecule has 0 atom stereocenters. The molecule has 0 fully saturated rings. The molecule has 0 saturated carbocycles. The average Bonchev–Trinajstić information content (AvgIpc) is 4.13. The highest BCUT2D eigenvalue weighted by Gasteiger charge is 2.19. The first-order chi connectivity index (χ1) is 31.7. The van der Waals surface area contributed by atoms with E-state index in [1.165, 1.54) is 49.3 Å². The fraction of sp³-hybridized carbons (Fsp3) is 0. The molecule has 14 rings (SSSR count). The van der Waals surface area contributed by atoms with Gasteiger partial charge >= 0.3 is 0 Å². The fourth-order valence-electron chi connectivity index (χ4n) is 9.73. The Hall–Kier alpha value is -8.60. The lowest BCUT2D eigenvalue weighted by Gasteiger charge is -2.08. The smallest absolute Gasteiger partial charge is 0.178 e. The largest absolute Gasteiger partial charge is 0.452 e. The van der Waals surface area contributed by atoms with E-state index in [1.807, 2.05) is 36.4 Å². The fourth-order valence-corrected chi connectivity index (χ4v) is 9.73. The van der Waals surface area contributed by atoms with Crippen LogP contribution >= 0.6 is 0 Å². The molecule has 4 heterocycles. The van der Waals surface area contributed by atoms with Gasteiger partial charge in [-0.05, 0) is 124 Å². The van der Waals surface area contributed by atoms with Crippen molar-refractivity contribution >= 4 is 87.5 Å². The van der Waals surface area contributed by atoms with E-state index in [2.05, 4.69) is 198 Å². The summed E-state index contributed by atoms with van der Waals surface area (Å²) in [4.78, 5) is 3.55. The summed E-state index contributed by atoms with van der Waals surface area (Å²) in [6, 6.07) is 79.5. The topological polar surface area (TPSA) is 47.0 Å². The molecule has 4 heteroatoms. The number of nitrogens with zero attached hydrogens (tertiary/aromatic N) is 1. The Morgan fingerprint density at radius 3 is 1.41 bits per heavy atom. The molecule has 0 aliphatic heterocycles. The van der Waals surface area contributed by atoms with Crippen molar-refractivity contribution in [1.29, 1.82) is 0 Å². The summed E-state index contributed by atoms with van der Waals surface area (Å²) >= 11 is 0. The van der Waals surface area contributed by atoms with Crippen LogP contribution in [-0.4, -0.2) is 9.55 Å². The lowest BCUT2D eigenvalue weighted by atomic mass is 9.97. The van der Waals surface area contributed by atoms with Crippen LogP contribution in [0.15, 0.2) is 233 Å². The second-order valence-electron chi connectivity index (χ2n) is 16.5. The third-order valence-corrected chi connectivity index (χ3v) is 12.8. The second-order valence-corrected chi connectivity index (χ2v) is 16.5. The molecule has 1 N–H and O–H groups in total. The molecule has 64 heavy (non-hydrogen) atoms. The molecule has 4 aromatic heterocycles. The van der Waals surface area contributed by atoms with Crippen molar-refractivity contribution in [2.45, 2.75) is 0 Å². The van der Waals surface area contributed by atoms with Crippen molar-refractivity contribution in [3.05, 3.63) is 224 Å². The van der Waals surface area contributed by atoms with Crippen LogP contribution in [0.5, 0.6) is 0 Å². The first-order valence-corrected chi connectivity index (χ1v) is 21.7. The number of aromatic nitrogens is 2. The SMILES string of the molecule is c1ccc(-n2c3ccccc3c3cc(-c4ccc5oc6c(ccc7c8cc(-c9cccc(-c%10ccc%11[nH]c%12ccccc%12c%11c%10)c9)ccc8oc76)c5c4)ccc32)cc1.c1ccccc1. The predicted octanol–water partition coefficient (Wildman–Crippen LogP) is 16.9. The number of hydrogen-bond donors (Lipinski definition) is 1. The van der Waals surface area contributed by atoms with Crippen LogP contribution in [0, 0.1) is 0 Å². The van der Waals surface area contributed by atoms with Gasteiger partial charge in [-0.25, -0.2) is 0 Å². The zero-order chi connectivity index (χ0) is 42.1. The molecule has 14 aromatic rings. The zero-order valence-corrected chi connectivity index (χ0v) is 34.6. The van der Waals surface area contributed by atoms with Crippen LogP contribution in [0.1, 0.15) is 0 Å². The Labute approximate surface area is 367 Å². The first-order valence-electron chi connectivity index (χ1n) is 21.7. The van der Waals surface area contributed by atoms with Gasteiger partial charge in [0.1, 0.15) is 11.2 Å². The Balaban J connectivity index is 0.000000639. The summed E-state index contributed by atoms with van der Waals surface area (Å²) in [5, 5.41) is 9.20. The number of fused-ring (bicyclic) bond motifs is 13. The van der Waals surface area contributed by atoms with Gasteiger partial charge in [-0.2, -0.15) is 0 Å². The highest BCUT2D eigenvalue weighted by atomic mass is 16.4. The van der Waals surface area contributed by atoms with Gasteiger partial charge in [0.2, 0.25) is 0 Å².